The summed E-state index contributed by atoms with van der Waals surface area (Å²) in [7, 11) is 0. The van der Waals surface area contributed by atoms with Gasteiger partial charge in [0.05, 0.1) is 11.5 Å². The number of anilines is 3. The Hall–Kier alpha value is -3.94. The minimum atomic E-state index is -0.507. The molecule has 0 fully saturated rings. The molecule has 0 bridgehead atoms. The lowest BCUT2D eigenvalue weighted by Crippen LogP contribution is -2.15. The molecule has 0 saturated heterocycles. The molecule has 8 heteroatoms. The van der Waals surface area contributed by atoms with Crippen LogP contribution in [0.4, 0.5) is 27.7 Å². The second-order valence-corrected chi connectivity index (χ2v) is 6.73. The zero-order valence-corrected chi connectivity index (χ0v) is 16.7. The van der Waals surface area contributed by atoms with E-state index in [1.165, 1.54) is 0 Å². The Morgan fingerprint density at radius 1 is 1.07 bits per heavy atom. The number of nitrogens with one attached hydrogen (secondary N) is 2. The van der Waals surface area contributed by atoms with Gasteiger partial charge in [-0.05, 0) is 49.7 Å². The molecule has 0 unspecified atom stereocenters. The Morgan fingerprint density at radius 2 is 1.77 bits per heavy atom. The predicted molar refractivity (Wildman–Crippen MR) is 115 cm³/mol. The number of carbonyl (C=O) groups excluding carboxylic acids is 1. The van der Waals surface area contributed by atoms with Crippen molar-refractivity contribution >= 4 is 29.0 Å². The molecule has 0 saturated carbocycles. The van der Waals surface area contributed by atoms with Crippen molar-refractivity contribution < 1.29 is 14.5 Å². The average molecular weight is 406 g/mol. The van der Waals surface area contributed by atoms with E-state index in [0.29, 0.717) is 29.1 Å². The fourth-order valence-electron chi connectivity index (χ4n) is 2.98. The van der Waals surface area contributed by atoms with Crippen LogP contribution in [0, 0.1) is 24.0 Å². The van der Waals surface area contributed by atoms with Gasteiger partial charge in [0.1, 0.15) is 0 Å². The molecular formula is C22H22N4O4. The van der Waals surface area contributed by atoms with Crippen molar-refractivity contribution in [3.8, 4) is 0 Å². The Morgan fingerprint density at radius 3 is 2.43 bits per heavy atom. The number of hydrogen-bond acceptors (Lipinski definition) is 6. The monoisotopic (exact) mass is 406 g/mol. The van der Waals surface area contributed by atoms with E-state index in [1.54, 1.807) is 32.0 Å². The van der Waals surface area contributed by atoms with Crippen LogP contribution in [0.25, 0.3) is 0 Å². The van der Waals surface area contributed by atoms with E-state index in [0.717, 1.165) is 5.56 Å². The zero-order chi connectivity index (χ0) is 21.5. The van der Waals surface area contributed by atoms with E-state index < -0.39 is 11.0 Å². The molecule has 0 spiro atoms. The molecule has 2 N–H and O–H groups in total. The molecule has 0 aliphatic heterocycles. The van der Waals surface area contributed by atoms with Gasteiger partial charge in [0.2, 0.25) is 5.82 Å². The second-order valence-electron chi connectivity index (χ2n) is 6.73. The summed E-state index contributed by atoms with van der Waals surface area (Å²) in [4.78, 5) is 27.0. The fourth-order valence-corrected chi connectivity index (χ4v) is 2.98. The van der Waals surface area contributed by atoms with Crippen LogP contribution in [0.3, 0.4) is 0 Å². The number of benzene rings is 2. The summed E-state index contributed by atoms with van der Waals surface area (Å²) in [6.07, 6.45) is 0.0393. The maximum absolute atomic E-state index is 11.8. The summed E-state index contributed by atoms with van der Waals surface area (Å²) in [6.45, 7) is 3.71. The predicted octanol–water partition coefficient (Wildman–Crippen LogP) is 5.14. The largest absolute Gasteiger partial charge is 0.449 e. The summed E-state index contributed by atoms with van der Waals surface area (Å²) in [5, 5.41) is 17.0. The molecule has 3 aromatic rings. The van der Waals surface area contributed by atoms with Crippen molar-refractivity contribution in [2.75, 3.05) is 17.2 Å². The summed E-state index contributed by atoms with van der Waals surface area (Å²) in [6, 6.07) is 18.1. The van der Waals surface area contributed by atoms with Crippen molar-refractivity contribution in [2.24, 2.45) is 0 Å². The lowest BCUT2D eigenvalue weighted by molar-refractivity contribution is -0.384. The SMILES string of the molecule is Cc1cc(C)c([N+](=O)[O-])c(Nc2ccc(CCOC(=O)Nc3ccccc3)cc2)n1. The van der Waals surface area contributed by atoms with Crippen molar-refractivity contribution in [3.63, 3.8) is 0 Å². The lowest BCUT2D eigenvalue weighted by atomic mass is 10.1. The molecule has 1 heterocycles. The first-order chi connectivity index (χ1) is 14.4. The molecule has 1 aromatic heterocycles. The quantitative estimate of drug-likeness (QED) is 0.415. The number of aryl methyl sites for hydroxylation is 2. The number of amides is 1. The van der Waals surface area contributed by atoms with Gasteiger partial charge in [0.25, 0.3) is 0 Å². The van der Waals surface area contributed by atoms with Gasteiger partial charge < -0.3 is 10.1 Å². The van der Waals surface area contributed by atoms with Gasteiger partial charge in [0, 0.05) is 29.1 Å². The van der Waals surface area contributed by atoms with Crippen molar-refractivity contribution in [1.29, 1.82) is 0 Å². The summed E-state index contributed by atoms with van der Waals surface area (Å²) in [5.74, 6) is 0.214. The molecule has 0 aliphatic rings. The third-order valence-corrected chi connectivity index (χ3v) is 4.35. The van der Waals surface area contributed by atoms with Crippen molar-refractivity contribution in [3.05, 3.63) is 87.6 Å². The Balaban J connectivity index is 1.56. The average Bonchev–Trinajstić information content (AvgIpc) is 2.69. The number of rotatable bonds is 7. The topological polar surface area (TPSA) is 106 Å². The number of nitro groups is 1. The molecule has 0 radical (unpaired) electrons. The third kappa shape index (κ3) is 5.54. The Kier molecular flexibility index (Phi) is 6.59. The van der Waals surface area contributed by atoms with Gasteiger partial charge in [-0.1, -0.05) is 30.3 Å². The first kappa shape index (κ1) is 20.8. The molecule has 8 nitrogen and oxygen atoms in total. The van der Waals surface area contributed by atoms with E-state index in [4.69, 9.17) is 4.74 Å². The van der Waals surface area contributed by atoms with Crippen LogP contribution in [-0.2, 0) is 11.2 Å². The molecule has 1 amide bonds. The van der Waals surface area contributed by atoms with Crippen LogP contribution in [-0.4, -0.2) is 22.6 Å². The van der Waals surface area contributed by atoms with Gasteiger partial charge in [0.15, 0.2) is 0 Å². The van der Waals surface area contributed by atoms with E-state index in [2.05, 4.69) is 15.6 Å². The smallest absolute Gasteiger partial charge is 0.411 e. The number of hydrogen-bond donors (Lipinski definition) is 2. The van der Waals surface area contributed by atoms with Gasteiger partial charge >= 0.3 is 11.8 Å². The standard InChI is InChI=1S/C22H22N4O4/c1-15-14-16(2)23-21(20(15)26(28)29)24-19-10-8-17(9-11-19)12-13-30-22(27)25-18-6-4-3-5-7-18/h3-11,14H,12-13H2,1-2H3,(H,23,24)(H,25,27). The number of aromatic nitrogens is 1. The highest BCUT2D eigenvalue weighted by atomic mass is 16.6. The second kappa shape index (κ2) is 9.51. The molecule has 0 aliphatic carbocycles. The first-order valence-electron chi connectivity index (χ1n) is 9.40. The molecule has 154 valence electrons. The van der Waals surface area contributed by atoms with E-state index in [1.807, 2.05) is 42.5 Å². The Bertz CT molecular complexity index is 1040. The highest BCUT2D eigenvalue weighted by Crippen LogP contribution is 2.29. The number of ether oxygens (including phenoxy) is 1. The zero-order valence-electron chi connectivity index (χ0n) is 16.7. The van der Waals surface area contributed by atoms with Crippen molar-refractivity contribution in [1.82, 2.24) is 4.98 Å². The van der Waals surface area contributed by atoms with Crippen molar-refractivity contribution in [2.45, 2.75) is 20.3 Å². The maximum Gasteiger partial charge on any atom is 0.411 e. The van der Waals surface area contributed by atoms with Gasteiger partial charge in [-0.3, -0.25) is 15.4 Å². The molecule has 2 aromatic carbocycles. The summed E-state index contributed by atoms with van der Waals surface area (Å²) < 4.78 is 5.19. The Labute approximate surface area is 174 Å². The number of pyridine rings is 1. The van der Waals surface area contributed by atoms with E-state index in [-0.39, 0.29) is 18.1 Å². The molecular weight excluding hydrogens is 384 g/mol. The molecule has 30 heavy (non-hydrogen) atoms. The van der Waals surface area contributed by atoms with Crippen LogP contribution in [0.5, 0.6) is 0 Å². The van der Waals surface area contributed by atoms with Gasteiger partial charge in [-0.15, -0.1) is 0 Å². The van der Waals surface area contributed by atoms with Crippen LogP contribution in [0.15, 0.2) is 60.7 Å². The fraction of sp³-hybridized carbons (Fsp3) is 0.182. The van der Waals surface area contributed by atoms with Gasteiger partial charge in [-0.25, -0.2) is 9.78 Å². The summed E-state index contributed by atoms with van der Waals surface area (Å²) >= 11 is 0. The van der Waals surface area contributed by atoms with Crippen LogP contribution >= 0.6 is 0 Å². The maximum atomic E-state index is 11.8. The van der Waals surface area contributed by atoms with Crippen LogP contribution < -0.4 is 10.6 Å². The highest BCUT2D eigenvalue weighted by Gasteiger charge is 2.19. The van der Waals surface area contributed by atoms with Crippen LogP contribution in [0.2, 0.25) is 0 Å². The highest BCUT2D eigenvalue weighted by molar-refractivity contribution is 5.84. The van der Waals surface area contributed by atoms with E-state index in [9.17, 15) is 14.9 Å². The number of carbonyl (C=O) groups is 1. The number of para-hydroxylation sites is 1. The van der Waals surface area contributed by atoms with Crippen LogP contribution in [0.1, 0.15) is 16.8 Å². The normalized spacial score (nSPS) is 10.3. The molecule has 0 atom stereocenters. The summed E-state index contributed by atoms with van der Waals surface area (Å²) in [5.41, 5.74) is 3.54. The molecule has 3 rings (SSSR count). The first-order valence-corrected chi connectivity index (χ1v) is 9.40. The van der Waals surface area contributed by atoms with Gasteiger partial charge in [-0.2, -0.15) is 0 Å². The third-order valence-electron chi connectivity index (χ3n) is 4.35. The lowest BCUT2D eigenvalue weighted by Gasteiger charge is -2.10. The number of nitrogens with zero attached hydrogens (tertiary/aromatic N) is 2. The minimum absolute atomic E-state index is 0.0393. The van der Waals surface area contributed by atoms with E-state index >= 15 is 0 Å². The minimum Gasteiger partial charge on any atom is -0.449 e.